The first-order chi connectivity index (χ1) is 11.9. The van der Waals surface area contributed by atoms with Crippen LogP contribution in [0.3, 0.4) is 0 Å². The molecule has 0 aliphatic carbocycles. The van der Waals surface area contributed by atoms with Gasteiger partial charge in [-0.3, -0.25) is 9.78 Å². The van der Waals surface area contributed by atoms with Gasteiger partial charge in [0.25, 0.3) is 5.91 Å². The Kier molecular flexibility index (Phi) is 5.03. The molecule has 0 spiro atoms. The van der Waals surface area contributed by atoms with Crippen LogP contribution in [0.15, 0.2) is 46.5 Å². The van der Waals surface area contributed by atoms with Gasteiger partial charge in [0.15, 0.2) is 15.8 Å². The third kappa shape index (κ3) is 4.17. The van der Waals surface area contributed by atoms with E-state index < -0.39 is 43.9 Å². The van der Waals surface area contributed by atoms with Gasteiger partial charge in [0.2, 0.25) is 0 Å². The van der Waals surface area contributed by atoms with Gasteiger partial charge in [-0.2, -0.15) is 18.2 Å². The SMILES string of the molecule is CS(=O)(=O)c1cc(C(=O)N=C(N)N)c(C(F)(F)F)cc1-c1cccnc1. The van der Waals surface area contributed by atoms with E-state index in [0.29, 0.717) is 12.1 Å². The van der Waals surface area contributed by atoms with Gasteiger partial charge in [-0.05, 0) is 18.2 Å². The third-order valence-electron chi connectivity index (χ3n) is 3.26. The van der Waals surface area contributed by atoms with Gasteiger partial charge in [-0.25, -0.2) is 8.42 Å². The number of amides is 1. The minimum absolute atomic E-state index is 0.138. The number of pyridine rings is 1. The number of hydrogen-bond acceptors (Lipinski definition) is 4. The lowest BCUT2D eigenvalue weighted by Crippen LogP contribution is -2.25. The summed E-state index contributed by atoms with van der Waals surface area (Å²) in [5, 5.41) is 0. The Labute approximate surface area is 146 Å². The van der Waals surface area contributed by atoms with E-state index in [4.69, 9.17) is 11.5 Å². The number of nitrogens with two attached hydrogens (primary N) is 2. The van der Waals surface area contributed by atoms with E-state index in [2.05, 4.69) is 9.98 Å². The molecular weight excluding hydrogens is 373 g/mol. The molecule has 0 saturated heterocycles. The first kappa shape index (κ1) is 19.4. The molecule has 0 saturated carbocycles. The van der Waals surface area contributed by atoms with Gasteiger partial charge in [0, 0.05) is 29.8 Å². The normalized spacial score (nSPS) is 11.8. The van der Waals surface area contributed by atoms with Crippen LogP contribution in [0, 0.1) is 0 Å². The predicted octanol–water partition coefficient (Wildman–Crippen LogP) is 1.58. The van der Waals surface area contributed by atoms with Crippen molar-refractivity contribution in [2.24, 2.45) is 16.5 Å². The van der Waals surface area contributed by atoms with Crippen molar-refractivity contribution < 1.29 is 26.4 Å². The molecule has 0 bridgehead atoms. The average Bonchev–Trinajstić information content (AvgIpc) is 2.52. The highest BCUT2D eigenvalue weighted by atomic mass is 32.2. The van der Waals surface area contributed by atoms with Crippen LogP contribution >= 0.6 is 0 Å². The van der Waals surface area contributed by atoms with Gasteiger partial charge >= 0.3 is 6.18 Å². The molecule has 1 amide bonds. The highest BCUT2D eigenvalue weighted by molar-refractivity contribution is 7.90. The van der Waals surface area contributed by atoms with Crippen LogP contribution < -0.4 is 11.5 Å². The van der Waals surface area contributed by atoms with Crippen molar-refractivity contribution in [2.45, 2.75) is 11.1 Å². The van der Waals surface area contributed by atoms with Crippen LogP contribution in [-0.4, -0.2) is 31.5 Å². The number of alkyl halides is 3. The van der Waals surface area contributed by atoms with Crippen molar-refractivity contribution >= 4 is 21.7 Å². The van der Waals surface area contributed by atoms with Gasteiger partial charge in [0.05, 0.1) is 16.0 Å². The summed E-state index contributed by atoms with van der Waals surface area (Å²) < 4.78 is 64.5. The van der Waals surface area contributed by atoms with Crippen molar-refractivity contribution in [3.8, 4) is 11.1 Å². The van der Waals surface area contributed by atoms with Crippen LogP contribution in [0.2, 0.25) is 0 Å². The molecule has 1 heterocycles. The number of rotatable bonds is 3. The van der Waals surface area contributed by atoms with Crippen molar-refractivity contribution in [1.82, 2.24) is 4.98 Å². The standard InChI is InChI=1S/C15H13F3N4O3S/c1-26(24,25)12-6-10(13(23)22-14(19)20)11(15(16,17)18)5-9(12)8-3-2-4-21-7-8/h2-7H,1H3,(H4,19,20,22,23). The molecule has 11 heteroatoms. The number of guanidine groups is 1. The molecule has 0 unspecified atom stereocenters. The van der Waals surface area contributed by atoms with E-state index >= 15 is 0 Å². The summed E-state index contributed by atoms with van der Waals surface area (Å²) in [6.45, 7) is 0. The van der Waals surface area contributed by atoms with E-state index in [9.17, 15) is 26.4 Å². The Morgan fingerprint density at radius 3 is 2.35 bits per heavy atom. The van der Waals surface area contributed by atoms with Crippen molar-refractivity contribution in [2.75, 3.05) is 6.26 Å². The number of nitrogens with zero attached hydrogens (tertiary/aromatic N) is 2. The van der Waals surface area contributed by atoms with Crippen molar-refractivity contribution in [1.29, 1.82) is 0 Å². The zero-order chi connectivity index (χ0) is 19.7. The van der Waals surface area contributed by atoms with E-state index in [1.54, 1.807) is 0 Å². The highest BCUT2D eigenvalue weighted by Gasteiger charge is 2.37. The minimum atomic E-state index is -4.95. The number of sulfone groups is 1. The number of carbonyl (C=O) groups is 1. The largest absolute Gasteiger partial charge is 0.417 e. The summed E-state index contributed by atoms with van der Waals surface area (Å²) in [5.41, 5.74) is 7.63. The predicted molar refractivity (Wildman–Crippen MR) is 87.9 cm³/mol. The Morgan fingerprint density at radius 1 is 1.23 bits per heavy atom. The van der Waals surface area contributed by atoms with Crippen LogP contribution in [0.5, 0.6) is 0 Å². The number of hydrogen-bond donors (Lipinski definition) is 2. The molecule has 138 valence electrons. The molecule has 2 aromatic rings. The zero-order valence-electron chi connectivity index (χ0n) is 13.3. The molecule has 2 rings (SSSR count). The number of carbonyl (C=O) groups excluding carboxylic acids is 1. The maximum Gasteiger partial charge on any atom is 0.417 e. The number of aliphatic imine (C=N–C) groups is 1. The Morgan fingerprint density at radius 2 is 1.88 bits per heavy atom. The Bertz CT molecular complexity index is 983. The molecule has 7 nitrogen and oxygen atoms in total. The summed E-state index contributed by atoms with van der Waals surface area (Å²) in [6, 6.07) is 4.03. The molecule has 0 fully saturated rings. The van der Waals surface area contributed by atoms with E-state index in [1.165, 1.54) is 24.5 Å². The first-order valence-corrected chi connectivity index (χ1v) is 8.80. The van der Waals surface area contributed by atoms with Crippen molar-refractivity contribution in [3.63, 3.8) is 0 Å². The molecule has 26 heavy (non-hydrogen) atoms. The second-order valence-electron chi connectivity index (χ2n) is 5.25. The number of benzene rings is 1. The summed E-state index contributed by atoms with van der Waals surface area (Å²) >= 11 is 0. The van der Waals surface area contributed by atoms with Gasteiger partial charge in [-0.1, -0.05) is 6.07 Å². The second kappa shape index (κ2) is 6.75. The lowest BCUT2D eigenvalue weighted by Gasteiger charge is -2.16. The number of halogens is 3. The fourth-order valence-electron chi connectivity index (χ4n) is 2.22. The molecule has 1 aromatic heterocycles. The molecule has 0 aliphatic heterocycles. The molecule has 0 atom stereocenters. The summed E-state index contributed by atoms with van der Waals surface area (Å²) in [5.74, 6) is -2.15. The van der Waals surface area contributed by atoms with Crippen LogP contribution in [0.4, 0.5) is 13.2 Å². The quantitative estimate of drug-likeness (QED) is 0.609. The Balaban J connectivity index is 2.91. The van der Waals surface area contributed by atoms with E-state index in [1.807, 2.05) is 0 Å². The summed E-state index contributed by atoms with van der Waals surface area (Å²) in [7, 11) is -3.99. The lowest BCUT2D eigenvalue weighted by molar-refractivity contribution is -0.137. The Hall–Kier alpha value is -2.95. The first-order valence-electron chi connectivity index (χ1n) is 6.91. The molecule has 0 radical (unpaired) electrons. The lowest BCUT2D eigenvalue weighted by atomic mass is 9.99. The fraction of sp³-hybridized carbons (Fsp3) is 0.133. The number of aromatic nitrogens is 1. The maximum absolute atomic E-state index is 13.4. The summed E-state index contributed by atoms with van der Waals surface area (Å²) in [6.07, 6.45) is -1.55. The molecule has 4 N–H and O–H groups in total. The van der Waals surface area contributed by atoms with Crippen LogP contribution in [0.1, 0.15) is 15.9 Å². The maximum atomic E-state index is 13.4. The van der Waals surface area contributed by atoms with Crippen molar-refractivity contribution in [3.05, 3.63) is 47.8 Å². The van der Waals surface area contributed by atoms with Gasteiger partial charge in [0.1, 0.15) is 0 Å². The molecule has 0 aliphatic rings. The van der Waals surface area contributed by atoms with Gasteiger partial charge < -0.3 is 11.5 Å². The zero-order valence-corrected chi connectivity index (χ0v) is 14.1. The van der Waals surface area contributed by atoms with Crippen LogP contribution in [-0.2, 0) is 16.0 Å². The minimum Gasteiger partial charge on any atom is -0.370 e. The molecular formula is C15H13F3N4O3S. The molecule has 1 aromatic carbocycles. The van der Waals surface area contributed by atoms with Gasteiger partial charge in [-0.15, -0.1) is 0 Å². The topological polar surface area (TPSA) is 128 Å². The summed E-state index contributed by atoms with van der Waals surface area (Å²) in [4.78, 5) is 18.4. The van der Waals surface area contributed by atoms with Crippen LogP contribution in [0.25, 0.3) is 11.1 Å². The third-order valence-corrected chi connectivity index (χ3v) is 4.39. The van der Waals surface area contributed by atoms with E-state index in [-0.39, 0.29) is 11.1 Å². The highest BCUT2D eigenvalue weighted by Crippen LogP contribution is 2.38. The fourth-order valence-corrected chi connectivity index (χ4v) is 3.13. The van der Waals surface area contributed by atoms with E-state index in [0.717, 1.165) is 6.26 Å². The second-order valence-corrected chi connectivity index (χ2v) is 7.23. The smallest absolute Gasteiger partial charge is 0.370 e. The monoisotopic (exact) mass is 386 g/mol. The average molecular weight is 386 g/mol.